The van der Waals surface area contributed by atoms with Crippen LogP contribution in [-0.2, 0) is 6.42 Å². The highest BCUT2D eigenvalue weighted by Gasteiger charge is 2.16. The second-order valence-electron chi connectivity index (χ2n) is 4.94. The summed E-state index contributed by atoms with van der Waals surface area (Å²) in [6, 6.07) is 5.83. The molecule has 2 N–H and O–H groups in total. The van der Waals surface area contributed by atoms with Gasteiger partial charge in [0, 0.05) is 0 Å². The van der Waals surface area contributed by atoms with E-state index >= 15 is 0 Å². The van der Waals surface area contributed by atoms with Crippen molar-refractivity contribution in [2.24, 2.45) is 0 Å². The van der Waals surface area contributed by atoms with E-state index in [9.17, 15) is 10.2 Å². The Kier molecular flexibility index (Phi) is 5.05. The highest BCUT2D eigenvalue weighted by Crippen LogP contribution is 2.31. The first kappa shape index (κ1) is 14.2. The molecule has 1 aromatic rings. The molecule has 106 valence electrons. The summed E-state index contributed by atoms with van der Waals surface area (Å²) >= 11 is 0. The van der Waals surface area contributed by atoms with Crippen LogP contribution in [0.25, 0.3) is 0 Å². The number of aliphatic hydroxyl groups is 2. The van der Waals surface area contributed by atoms with Crippen LogP contribution in [0.15, 0.2) is 18.2 Å². The van der Waals surface area contributed by atoms with Crippen molar-refractivity contribution in [3.05, 3.63) is 23.8 Å². The predicted octanol–water partition coefficient (Wildman–Crippen LogP) is 1.91. The molecule has 0 saturated carbocycles. The van der Waals surface area contributed by atoms with Crippen LogP contribution in [0.5, 0.6) is 11.5 Å². The third-order valence-electron chi connectivity index (χ3n) is 3.36. The molecule has 0 spiro atoms. The fourth-order valence-corrected chi connectivity index (χ4v) is 2.24. The number of hydrogen-bond acceptors (Lipinski definition) is 4. The summed E-state index contributed by atoms with van der Waals surface area (Å²) < 4.78 is 11.0. The summed E-state index contributed by atoms with van der Waals surface area (Å²) in [5, 5.41) is 19.5. The zero-order valence-corrected chi connectivity index (χ0v) is 11.3. The molecular weight excluding hydrogens is 244 g/mol. The maximum absolute atomic E-state index is 9.84. The summed E-state index contributed by atoms with van der Waals surface area (Å²) in [6.45, 7) is 3.17. The Labute approximate surface area is 114 Å². The molecule has 1 aromatic carbocycles. The summed E-state index contributed by atoms with van der Waals surface area (Å²) in [5.74, 6) is 1.55. The maximum Gasteiger partial charge on any atom is 0.161 e. The number of benzene rings is 1. The molecule has 19 heavy (non-hydrogen) atoms. The molecule has 4 heteroatoms. The molecule has 1 aliphatic heterocycles. The summed E-state index contributed by atoms with van der Waals surface area (Å²) in [6.07, 6.45) is 1.51. The largest absolute Gasteiger partial charge is 0.486 e. The van der Waals surface area contributed by atoms with Gasteiger partial charge in [0.15, 0.2) is 11.5 Å². The average molecular weight is 266 g/mol. The second kappa shape index (κ2) is 6.78. The van der Waals surface area contributed by atoms with Crippen LogP contribution in [0.2, 0.25) is 0 Å². The van der Waals surface area contributed by atoms with Crippen LogP contribution < -0.4 is 9.47 Å². The van der Waals surface area contributed by atoms with Crippen LogP contribution in [0.3, 0.4) is 0 Å². The standard InChI is InChI=1S/C15H22O4/c1-2-3-12(16)13(17)6-4-11-5-7-14-15(10-11)19-9-8-18-14/h5,7,10,12-13,16-17H,2-4,6,8-9H2,1H3. The number of fused-ring (bicyclic) bond motifs is 1. The van der Waals surface area contributed by atoms with E-state index in [-0.39, 0.29) is 0 Å². The van der Waals surface area contributed by atoms with Gasteiger partial charge in [-0.3, -0.25) is 0 Å². The monoisotopic (exact) mass is 266 g/mol. The van der Waals surface area contributed by atoms with Crippen molar-refractivity contribution >= 4 is 0 Å². The average Bonchev–Trinajstić information content (AvgIpc) is 2.44. The second-order valence-corrected chi connectivity index (χ2v) is 4.94. The lowest BCUT2D eigenvalue weighted by Gasteiger charge is -2.20. The maximum atomic E-state index is 9.84. The SMILES string of the molecule is CCCC(O)C(O)CCc1ccc2c(c1)OCCO2. The van der Waals surface area contributed by atoms with Gasteiger partial charge in [0.05, 0.1) is 12.2 Å². The van der Waals surface area contributed by atoms with Gasteiger partial charge in [0.1, 0.15) is 13.2 Å². The minimum atomic E-state index is -0.659. The van der Waals surface area contributed by atoms with Crippen molar-refractivity contribution in [2.45, 2.75) is 44.8 Å². The van der Waals surface area contributed by atoms with E-state index < -0.39 is 12.2 Å². The van der Waals surface area contributed by atoms with Gasteiger partial charge in [0.25, 0.3) is 0 Å². The summed E-state index contributed by atoms with van der Waals surface area (Å²) in [7, 11) is 0. The number of hydrogen-bond donors (Lipinski definition) is 2. The van der Waals surface area contributed by atoms with Crippen LogP contribution in [-0.4, -0.2) is 35.6 Å². The first-order chi connectivity index (χ1) is 9.20. The van der Waals surface area contributed by atoms with Crippen molar-refractivity contribution in [2.75, 3.05) is 13.2 Å². The van der Waals surface area contributed by atoms with E-state index in [0.29, 0.717) is 26.1 Å². The van der Waals surface area contributed by atoms with Crippen LogP contribution in [0.4, 0.5) is 0 Å². The Morgan fingerprint density at radius 2 is 1.74 bits per heavy atom. The Bertz CT molecular complexity index is 405. The van der Waals surface area contributed by atoms with Gasteiger partial charge in [-0.2, -0.15) is 0 Å². The highest BCUT2D eigenvalue weighted by molar-refractivity contribution is 5.43. The van der Waals surface area contributed by atoms with E-state index in [2.05, 4.69) is 0 Å². The molecule has 0 aliphatic carbocycles. The number of aryl methyl sites for hydroxylation is 1. The quantitative estimate of drug-likeness (QED) is 0.826. The van der Waals surface area contributed by atoms with Crippen molar-refractivity contribution in [3.8, 4) is 11.5 Å². The molecule has 0 bridgehead atoms. The van der Waals surface area contributed by atoms with Gasteiger partial charge in [-0.15, -0.1) is 0 Å². The van der Waals surface area contributed by atoms with Crippen molar-refractivity contribution in [1.29, 1.82) is 0 Å². The molecule has 4 nitrogen and oxygen atoms in total. The number of aliphatic hydroxyl groups excluding tert-OH is 2. The molecule has 0 fully saturated rings. The van der Waals surface area contributed by atoms with E-state index in [1.54, 1.807) is 0 Å². The fourth-order valence-electron chi connectivity index (χ4n) is 2.24. The van der Waals surface area contributed by atoms with Gasteiger partial charge in [-0.25, -0.2) is 0 Å². The normalized spacial score (nSPS) is 17.0. The summed E-state index contributed by atoms with van der Waals surface area (Å²) in [4.78, 5) is 0. The van der Waals surface area contributed by atoms with Gasteiger partial charge >= 0.3 is 0 Å². The molecule has 1 aliphatic rings. The Morgan fingerprint density at radius 1 is 1.05 bits per heavy atom. The van der Waals surface area contributed by atoms with E-state index in [0.717, 1.165) is 29.9 Å². The number of ether oxygens (including phenoxy) is 2. The molecule has 1 heterocycles. The van der Waals surface area contributed by atoms with Gasteiger partial charge in [0.2, 0.25) is 0 Å². The predicted molar refractivity (Wildman–Crippen MR) is 72.7 cm³/mol. The third-order valence-corrected chi connectivity index (χ3v) is 3.36. The van der Waals surface area contributed by atoms with E-state index in [1.165, 1.54) is 0 Å². The Hall–Kier alpha value is -1.26. The lowest BCUT2D eigenvalue weighted by molar-refractivity contribution is 0.00979. The molecule has 0 radical (unpaired) electrons. The van der Waals surface area contributed by atoms with Crippen LogP contribution in [0, 0.1) is 0 Å². The minimum Gasteiger partial charge on any atom is -0.486 e. The van der Waals surface area contributed by atoms with E-state index in [1.807, 2.05) is 25.1 Å². The third kappa shape index (κ3) is 3.85. The minimum absolute atomic E-state index is 0.556. The van der Waals surface area contributed by atoms with Gasteiger partial charge in [-0.1, -0.05) is 19.4 Å². The lowest BCUT2D eigenvalue weighted by Crippen LogP contribution is -2.26. The number of rotatable bonds is 6. The Morgan fingerprint density at radius 3 is 2.47 bits per heavy atom. The van der Waals surface area contributed by atoms with Crippen molar-refractivity contribution in [3.63, 3.8) is 0 Å². The molecule has 2 atom stereocenters. The Balaban J connectivity index is 1.89. The molecule has 2 rings (SSSR count). The first-order valence-electron chi connectivity index (χ1n) is 6.95. The molecular formula is C15H22O4. The molecule has 0 aromatic heterocycles. The van der Waals surface area contributed by atoms with Gasteiger partial charge < -0.3 is 19.7 Å². The molecule has 0 amide bonds. The summed E-state index contributed by atoms with van der Waals surface area (Å²) in [5.41, 5.74) is 1.09. The zero-order chi connectivity index (χ0) is 13.7. The molecule has 0 saturated heterocycles. The lowest BCUT2D eigenvalue weighted by atomic mass is 10.0. The topological polar surface area (TPSA) is 58.9 Å². The highest BCUT2D eigenvalue weighted by atomic mass is 16.6. The smallest absolute Gasteiger partial charge is 0.161 e. The zero-order valence-electron chi connectivity index (χ0n) is 11.3. The first-order valence-corrected chi connectivity index (χ1v) is 6.95. The van der Waals surface area contributed by atoms with Crippen molar-refractivity contribution < 1.29 is 19.7 Å². The van der Waals surface area contributed by atoms with Crippen molar-refractivity contribution in [1.82, 2.24) is 0 Å². The van der Waals surface area contributed by atoms with Crippen LogP contribution >= 0.6 is 0 Å². The molecule has 2 unspecified atom stereocenters. The van der Waals surface area contributed by atoms with Crippen LogP contribution in [0.1, 0.15) is 31.7 Å². The van der Waals surface area contributed by atoms with Gasteiger partial charge in [-0.05, 0) is 37.0 Å². The van der Waals surface area contributed by atoms with E-state index in [4.69, 9.17) is 9.47 Å². The fraction of sp³-hybridized carbons (Fsp3) is 0.600.